The predicted molar refractivity (Wildman–Crippen MR) is 76.0 cm³/mol. The van der Waals surface area contributed by atoms with Crippen LogP contribution in [-0.4, -0.2) is 7.05 Å². The van der Waals surface area contributed by atoms with E-state index in [2.05, 4.69) is 21.2 Å². The van der Waals surface area contributed by atoms with Crippen molar-refractivity contribution in [3.8, 4) is 0 Å². The molecule has 0 heterocycles. The van der Waals surface area contributed by atoms with Crippen LogP contribution in [0.2, 0.25) is 0 Å². The van der Waals surface area contributed by atoms with Crippen LogP contribution in [0.4, 0.5) is 13.2 Å². The molecule has 0 bridgehead atoms. The van der Waals surface area contributed by atoms with Gasteiger partial charge in [0.1, 0.15) is 17.5 Å². The highest BCUT2D eigenvalue weighted by Crippen LogP contribution is 2.27. The average Bonchev–Trinajstić information content (AvgIpc) is 2.41. The molecule has 1 nitrogen and oxygen atoms in total. The molecule has 2 aromatic rings. The van der Waals surface area contributed by atoms with Gasteiger partial charge in [0, 0.05) is 17.7 Å². The molecule has 2 rings (SSSR count). The third-order valence-electron chi connectivity index (χ3n) is 3.14. The molecule has 0 aromatic heterocycles. The lowest BCUT2D eigenvalue weighted by Gasteiger charge is -2.18. The van der Waals surface area contributed by atoms with Gasteiger partial charge in [0.25, 0.3) is 0 Å². The number of likely N-dealkylation sites (N-methyl/N-ethyl adjacent to an activating group) is 1. The molecule has 1 N–H and O–H groups in total. The first-order chi connectivity index (χ1) is 9.52. The molecule has 5 heteroatoms. The molecule has 0 amide bonds. The smallest absolute Gasteiger partial charge is 0.137 e. The highest BCUT2D eigenvalue weighted by atomic mass is 79.9. The molecule has 0 aliphatic rings. The summed E-state index contributed by atoms with van der Waals surface area (Å²) in [4.78, 5) is 0. The van der Waals surface area contributed by atoms with E-state index in [9.17, 15) is 13.2 Å². The minimum atomic E-state index is -0.618. The fraction of sp³-hybridized carbons (Fsp3) is 0.200. The van der Waals surface area contributed by atoms with Gasteiger partial charge in [0.05, 0.1) is 4.47 Å². The van der Waals surface area contributed by atoms with Crippen LogP contribution in [0.25, 0.3) is 0 Å². The van der Waals surface area contributed by atoms with E-state index in [-0.39, 0.29) is 11.9 Å². The molecule has 0 saturated carbocycles. The van der Waals surface area contributed by atoms with E-state index in [0.29, 0.717) is 22.0 Å². The second-order valence-electron chi connectivity index (χ2n) is 4.42. The van der Waals surface area contributed by atoms with E-state index in [1.807, 2.05) is 0 Å². The maximum Gasteiger partial charge on any atom is 0.137 e. The van der Waals surface area contributed by atoms with Crippen molar-refractivity contribution in [3.63, 3.8) is 0 Å². The molecular weight excluding hydrogens is 331 g/mol. The molecule has 1 atom stereocenters. The summed E-state index contributed by atoms with van der Waals surface area (Å²) in [5.74, 6) is -1.60. The van der Waals surface area contributed by atoms with Gasteiger partial charge < -0.3 is 5.32 Å². The van der Waals surface area contributed by atoms with Crippen LogP contribution in [0.1, 0.15) is 17.2 Å². The first kappa shape index (κ1) is 15.1. The van der Waals surface area contributed by atoms with Gasteiger partial charge in [-0.2, -0.15) is 0 Å². The summed E-state index contributed by atoms with van der Waals surface area (Å²) in [5, 5.41) is 2.97. The van der Waals surface area contributed by atoms with Crippen molar-refractivity contribution in [1.82, 2.24) is 5.32 Å². The molecule has 0 radical (unpaired) electrons. The highest BCUT2D eigenvalue weighted by molar-refractivity contribution is 9.10. The fourth-order valence-corrected chi connectivity index (χ4v) is 2.50. The van der Waals surface area contributed by atoms with E-state index in [1.54, 1.807) is 19.2 Å². The second-order valence-corrected chi connectivity index (χ2v) is 5.22. The Balaban J connectivity index is 2.31. The van der Waals surface area contributed by atoms with Crippen LogP contribution in [0.3, 0.4) is 0 Å². The standard InChI is InChI=1S/C15H13BrF3N/c1-20-14(11-6-5-10(17)8-13(11)19)7-9-3-2-4-12(18)15(9)16/h2-6,8,14,20H,7H2,1H3. The highest BCUT2D eigenvalue weighted by Gasteiger charge is 2.17. The molecular formula is C15H13BrF3N. The lowest BCUT2D eigenvalue weighted by Crippen LogP contribution is -2.20. The minimum Gasteiger partial charge on any atom is -0.313 e. The first-order valence-corrected chi connectivity index (χ1v) is 6.87. The van der Waals surface area contributed by atoms with E-state index >= 15 is 0 Å². The van der Waals surface area contributed by atoms with Crippen LogP contribution < -0.4 is 5.32 Å². The van der Waals surface area contributed by atoms with Gasteiger partial charge in [0.15, 0.2) is 0 Å². The van der Waals surface area contributed by atoms with Crippen LogP contribution in [0, 0.1) is 17.5 Å². The molecule has 1 unspecified atom stereocenters. The number of hydrogen-bond donors (Lipinski definition) is 1. The average molecular weight is 344 g/mol. The predicted octanol–water partition coefficient (Wildman–Crippen LogP) is 4.37. The summed E-state index contributed by atoms with van der Waals surface area (Å²) in [6.07, 6.45) is 0.386. The minimum absolute atomic E-state index is 0.352. The molecule has 0 spiro atoms. The Morgan fingerprint density at radius 2 is 1.85 bits per heavy atom. The molecule has 0 fully saturated rings. The third-order valence-corrected chi connectivity index (χ3v) is 4.03. The Labute approximate surface area is 123 Å². The van der Waals surface area contributed by atoms with E-state index in [1.165, 1.54) is 18.2 Å². The Bertz CT molecular complexity index is 616. The van der Waals surface area contributed by atoms with Crippen LogP contribution >= 0.6 is 15.9 Å². The van der Waals surface area contributed by atoms with Crippen molar-refractivity contribution >= 4 is 15.9 Å². The number of benzene rings is 2. The van der Waals surface area contributed by atoms with Crippen LogP contribution in [-0.2, 0) is 6.42 Å². The lowest BCUT2D eigenvalue weighted by atomic mass is 9.98. The molecule has 20 heavy (non-hydrogen) atoms. The maximum atomic E-state index is 13.8. The summed E-state index contributed by atoms with van der Waals surface area (Å²) in [7, 11) is 1.68. The van der Waals surface area contributed by atoms with Crippen molar-refractivity contribution in [2.45, 2.75) is 12.5 Å². The number of nitrogens with one attached hydrogen (secondary N) is 1. The van der Waals surface area contributed by atoms with Crippen molar-refractivity contribution < 1.29 is 13.2 Å². The van der Waals surface area contributed by atoms with Crippen molar-refractivity contribution in [1.29, 1.82) is 0 Å². The number of hydrogen-bond acceptors (Lipinski definition) is 1. The normalized spacial score (nSPS) is 12.4. The topological polar surface area (TPSA) is 12.0 Å². The van der Waals surface area contributed by atoms with Crippen molar-refractivity contribution in [2.24, 2.45) is 0 Å². The summed E-state index contributed by atoms with van der Waals surface area (Å²) < 4.78 is 40.6. The maximum absolute atomic E-state index is 13.8. The zero-order valence-corrected chi connectivity index (χ0v) is 12.3. The van der Waals surface area contributed by atoms with Crippen LogP contribution in [0.15, 0.2) is 40.9 Å². The van der Waals surface area contributed by atoms with Crippen LogP contribution in [0.5, 0.6) is 0 Å². The van der Waals surface area contributed by atoms with Gasteiger partial charge >= 0.3 is 0 Å². The van der Waals surface area contributed by atoms with Gasteiger partial charge in [0.2, 0.25) is 0 Å². The SMILES string of the molecule is CNC(Cc1cccc(F)c1Br)c1ccc(F)cc1F. The fourth-order valence-electron chi connectivity index (χ4n) is 2.08. The number of halogens is 4. The molecule has 2 aromatic carbocycles. The molecule has 0 saturated heterocycles. The lowest BCUT2D eigenvalue weighted by molar-refractivity contribution is 0.519. The Morgan fingerprint density at radius 1 is 1.10 bits per heavy atom. The van der Waals surface area contributed by atoms with E-state index in [4.69, 9.17) is 0 Å². The third kappa shape index (κ3) is 3.22. The molecule has 106 valence electrons. The van der Waals surface area contributed by atoms with Crippen molar-refractivity contribution in [2.75, 3.05) is 7.05 Å². The molecule has 0 aliphatic heterocycles. The van der Waals surface area contributed by atoms with Gasteiger partial charge in [-0.15, -0.1) is 0 Å². The zero-order chi connectivity index (χ0) is 14.7. The Kier molecular flexibility index (Phi) is 4.83. The summed E-state index contributed by atoms with van der Waals surface area (Å²) >= 11 is 3.18. The Morgan fingerprint density at radius 3 is 2.50 bits per heavy atom. The van der Waals surface area contributed by atoms with E-state index in [0.717, 1.165) is 6.07 Å². The number of rotatable bonds is 4. The summed E-state index contributed by atoms with van der Waals surface area (Å²) in [5.41, 5.74) is 1.07. The van der Waals surface area contributed by atoms with E-state index < -0.39 is 11.6 Å². The van der Waals surface area contributed by atoms with Gasteiger partial charge in [-0.05, 0) is 47.1 Å². The van der Waals surface area contributed by atoms with Gasteiger partial charge in [-0.3, -0.25) is 0 Å². The van der Waals surface area contributed by atoms with Gasteiger partial charge in [-0.1, -0.05) is 18.2 Å². The summed E-state index contributed by atoms with van der Waals surface area (Å²) in [6, 6.07) is 7.80. The largest absolute Gasteiger partial charge is 0.313 e. The molecule has 0 aliphatic carbocycles. The van der Waals surface area contributed by atoms with Gasteiger partial charge in [-0.25, -0.2) is 13.2 Å². The zero-order valence-electron chi connectivity index (χ0n) is 10.8. The quantitative estimate of drug-likeness (QED) is 0.869. The first-order valence-electron chi connectivity index (χ1n) is 6.08. The summed E-state index contributed by atoms with van der Waals surface area (Å²) in [6.45, 7) is 0. The second kappa shape index (κ2) is 6.41. The monoisotopic (exact) mass is 343 g/mol. The van der Waals surface area contributed by atoms with Crippen molar-refractivity contribution in [3.05, 3.63) is 69.4 Å². The Hall–Kier alpha value is -1.33.